The van der Waals surface area contributed by atoms with Gasteiger partial charge >= 0.3 is 0 Å². The lowest BCUT2D eigenvalue weighted by molar-refractivity contribution is 0.793. The van der Waals surface area contributed by atoms with Crippen molar-refractivity contribution >= 4 is 62.6 Å². The molecule has 4 nitrogen and oxygen atoms in total. The second-order valence-corrected chi connectivity index (χ2v) is 23.9. The fourth-order valence-corrected chi connectivity index (χ4v) is 12.9. The van der Waals surface area contributed by atoms with Gasteiger partial charge in [0.15, 0.2) is 0 Å². The quantitative estimate of drug-likeness (QED) is 0.101. The summed E-state index contributed by atoms with van der Waals surface area (Å²) in [6, 6.07) is 91.6. The number of anilines is 11. The lowest BCUT2D eigenvalue weighted by atomic mass is 9.70. The molecule has 11 aromatic carbocycles. The topological polar surface area (TPSA) is 13.0 Å². The van der Waals surface area contributed by atoms with Crippen molar-refractivity contribution in [1.82, 2.24) is 0 Å². The monoisotopic (exact) mass is 1110 g/mol. The van der Waals surface area contributed by atoms with Gasteiger partial charge in [-0.1, -0.05) is 166 Å². The molecule has 4 heteroatoms. The Hall–Kier alpha value is -10.2. The van der Waals surface area contributed by atoms with Crippen LogP contribution in [0.15, 0.2) is 279 Å². The van der Waals surface area contributed by atoms with Crippen molar-refractivity contribution in [1.29, 1.82) is 0 Å². The average Bonchev–Trinajstić information content (AvgIpc) is 1.51. The highest BCUT2D eigenvalue weighted by molar-refractivity contribution is 6.00. The number of hydrogen-bond acceptors (Lipinski definition) is 4. The first-order chi connectivity index (χ1) is 41.7. The molecule has 0 amide bonds. The summed E-state index contributed by atoms with van der Waals surface area (Å²) < 4.78 is 0. The van der Waals surface area contributed by atoms with E-state index in [4.69, 9.17) is 0 Å². The molecule has 13 rings (SSSR count). The van der Waals surface area contributed by atoms with Gasteiger partial charge in [-0.25, -0.2) is 0 Å². The zero-order valence-electron chi connectivity index (χ0n) is 50.8. The van der Waals surface area contributed by atoms with Crippen LogP contribution in [0.3, 0.4) is 0 Å². The standard InChI is InChI=1S/C82H72N4/c1-11-62(27-12-54(2)3)83(63-28-13-55(4)14-29-63)70-42-46-74-75-47-43-71(84(64-30-15-56(5)16-31-64)65-32-17-57(6)18-33-65)51-79(75)82(78(74)50-70)80-52-72(85(66-34-19-58(7)20-35-66)67-36-21-59(8)22-37-67)44-48-76(80)77-49-45-73(53-81(77)82)86(68-38-23-60(9)24-39-68)69-40-25-61(10)26-41-69/h11-53H,1H2,2-10H3/b62-27+. The van der Waals surface area contributed by atoms with Crippen molar-refractivity contribution in [3.05, 3.63) is 340 Å². The number of benzene rings is 11. The first kappa shape index (κ1) is 55.1. The molecule has 0 aromatic heterocycles. The number of rotatable bonds is 14. The second kappa shape index (κ2) is 22.4. The first-order valence-electron chi connectivity index (χ1n) is 30.0. The highest BCUT2D eigenvalue weighted by Gasteiger charge is 2.53. The van der Waals surface area contributed by atoms with Gasteiger partial charge in [0.1, 0.15) is 0 Å². The molecule has 2 aliphatic carbocycles. The van der Waals surface area contributed by atoms with Gasteiger partial charge in [-0.3, -0.25) is 0 Å². The van der Waals surface area contributed by atoms with E-state index in [1.54, 1.807) is 0 Å². The minimum atomic E-state index is -0.866. The van der Waals surface area contributed by atoms with E-state index in [0.29, 0.717) is 0 Å². The normalized spacial score (nSPS) is 12.5. The van der Waals surface area contributed by atoms with Gasteiger partial charge in [0.25, 0.3) is 0 Å². The molecule has 0 atom stereocenters. The summed E-state index contributed by atoms with van der Waals surface area (Å²) in [4.78, 5) is 9.67. The zero-order chi connectivity index (χ0) is 59.4. The number of nitrogens with zero attached hydrogens (tertiary/aromatic N) is 4. The van der Waals surface area contributed by atoms with E-state index >= 15 is 0 Å². The van der Waals surface area contributed by atoms with Gasteiger partial charge in [-0.15, -0.1) is 0 Å². The third kappa shape index (κ3) is 9.91. The third-order valence-corrected chi connectivity index (χ3v) is 17.3. The molecule has 2 aliphatic rings. The van der Waals surface area contributed by atoms with Gasteiger partial charge < -0.3 is 19.6 Å². The molecule has 0 unspecified atom stereocenters. The van der Waals surface area contributed by atoms with E-state index in [0.717, 1.165) is 68.3 Å². The highest BCUT2D eigenvalue weighted by Crippen LogP contribution is 2.65. The Morgan fingerprint density at radius 1 is 0.279 bits per heavy atom. The molecule has 0 saturated carbocycles. The number of hydrogen-bond donors (Lipinski definition) is 0. The van der Waals surface area contributed by atoms with Crippen molar-refractivity contribution in [3.63, 3.8) is 0 Å². The Morgan fingerprint density at radius 3 is 0.744 bits per heavy atom. The second-order valence-electron chi connectivity index (χ2n) is 23.9. The van der Waals surface area contributed by atoms with Gasteiger partial charge in [-0.05, 0) is 252 Å². The molecule has 0 N–H and O–H groups in total. The fourth-order valence-electron chi connectivity index (χ4n) is 12.9. The molecule has 0 radical (unpaired) electrons. The van der Waals surface area contributed by atoms with E-state index in [2.05, 4.69) is 343 Å². The van der Waals surface area contributed by atoms with Crippen molar-refractivity contribution in [2.75, 3.05) is 19.6 Å². The summed E-state index contributed by atoms with van der Waals surface area (Å²) in [5.74, 6) is 0. The van der Waals surface area contributed by atoms with E-state index in [1.807, 2.05) is 6.08 Å². The highest BCUT2D eigenvalue weighted by atomic mass is 15.2. The molecule has 0 saturated heterocycles. The van der Waals surface area contributed by atoms with Crippen LogP contribution in [-0.4, -0.2) is 0 Å². The van der Waals surface area contributed by atoms with Crippen LogP contribution in [0.25, 0.3) is 22.3 Å². The molecule has 0 heterocycles. The fraction of sp³-hybridized carbons (Fsp3) is 0.122. The molecule has 0 aliphatic heterocycles. The van der Waals surface area contributed by atoms with Crippen molar-refractivity contribution < 1.29 is 0 Å². The predicted molar refractivity (Wildman–Crippen MR) is 366 cm³/mol. The zero-order valence-corrected chi connectivity index (χ0v) is 50.8. The van der Waals surface area contributed by atoms with Crippen LogP contribution in [0.4, 0.5) is 62.6 Å². The minimum Gasteiger partial charge on any atom is -0.311 e. The van der Waals surface area contributed by atoms with E-state index < -0.39 is 5.41 Å². The van der Waals surface area contributed by atoms with Crippen LogP contribution >= 0.6 is 0 Å². The van der Waals surface area contributed by atoms with Crippen molar-refractivity contribution in [2.45, 2.75) is 67.7 Å². The Bertz CT molecular complexity index is 3980. The molecule has 11 aromatic rings. The van der Waals surface area contributed by atoms with E-state index in [1.165, 1.54) is 89.0 Å². The number of allylic oxidation sites excluding steroid dienone is 4. The van der Waals surface area contributed by atoms with Crippen LogP contribution < -0.4 is 19.6 Å². The summed E-state index contributed by atoms with van der Waals surface area (Å²) in [5, 5.41) is 0. The van der Waals surface area contributed by atoms with Gasteiger partial charge in [0.2, 0.25) is 0 Å². The maximum atomic E-state index is 4.47. The van der Waals surface area contributed by atoms with Crippen LogP contribution in [0.2, 0.25) is 0 Å². The molecule has 0 bridgehead atoms. The third-order valence-electron chi connectivity index (χ3n) is 17.3. The maximum Gasteiger partial charge on any atom is 0.0728 e. The maximum absolute atomic E-state index is 4.47. The Morgan fingerprint density at radius 2 is 0.500 bits per heavy atom. The summed E-state index contributed by atoms with van der Waals surface area (Å²) in [6.07, 6.45) is 6.37. The molecule has 420 valence electrons. The van der Waals surface area contributed by atoms with E-state index in [9.17, 15) is 0 Å². The van der Waals surface area contributed by atoms with Crippen molar-refractivity contribution in [3.8, 4) is 22.3 Å². The van der Waals surface area contributed by atoms with Crippen LogP contribution in [0.1, 0.15) is 75.0 Å². The lowest BCUT2D eigenvalue weighted by Gasteiger charge is -2.35. The molecular formula is C82H72N4. The van der Waals surface area contributed by atoms with Crippen molar-refractivity contribution in [2.24, 2.45) is 0 Å². The summed E-state index contributed by atoms with van der Waals surface area (Å²) in [7, 11) is 0. The summed E-state index contributed by atoms with van der Waals surface area (Å²) in [5.41, 5.74) is 31.4. The average molecular weight is 1110 g/mol. The molecule has 86 heavy (non-hydrogen) atoms. The summed E-state index contributed by atoms with van der Waals surface area (Å²) >= 11 is 0. The smallest absolute Gasteiger partial charge is 0.0728 e. The minimum absolute atomic E-state index is 0.866. The molecular weight excluding hydrogens is 1040 g/mol. The molecule has 0 fully saturated rings. The lowest BCUT2D eigenvalue weighted by Crippen LogP contribution is -2.27. The Kier molecular flexibility index (Phi) is 14.4. The Labute approximate surface area is 509 Å². The van der Waals surface area contributed by atoms with Gasteiger partial charge in [-0.2, -0.15) is 0 Å². The van der Waals surface area contributed by atoms with E-state index in [-0.39, 0.29) is 0 Å². The van der Waals surface area contributed by atoms with Gasteiger partial charge in [0.05, 0.1) is 5.41 Å². The van der Waals surface area contributed by atoms with Crippen LogP contribution in [0.5, 0.6) is 0 Å². The SMILES string of the molecule is C=C/C(=C\C=C(C)C)N(c1ccc(C)cc1)c1ccc2c(c1)C1(c3cc(N(c4ccc(C)cc4)c4ccc(C)cc4)ccc3-2)c2cc(N(c3ccc(C)cc3)c3ccc(C)cc3)ccc2-c2ccc(N(c3ccc(C)cc3)c3ccc(C)cc3)cc21. The van der Waals surface area contributed by atoms with Crippen LogP contribution in [0, 0.1) is 48.5 Å². The summed E-state index contributed by atoms with van der Waals surface area (Å²) in [6.45, 7) is 23.9. The first-order valence-corrected chi connectivity index (χ1v) is 30.0. The van der Waals surface area contributed by atoms with Crippen LogP contribution in [-0.2, 0) is 5.41 Å². The number of fused-ring (bicyclic) bond motifs is 10. The van der Waals surface area contributed by atoms with Gasteiger partial charge in [0, 0.05) is 68.3 Å². The largest absolute Gasteiger partial charge is 0.311 e. The number of aryl methyl sites for hydroxylation is 7. The molecule has 1 spiro atoms. The predicted octanol–water partition coefficient (Wildman–Crippen LogP) is 22.8. The Balaban J connectivity index is 1.16.